The number of rotatable bonds is 6. The molecule has 0 amide bonds. The van der Waals surface area contributed by atoms with Gasteiger partial charge in [0, 0.05) is 42.9 Å². The Morgan fingerprint density at radius 3 is 2.55 bits per heavy atom. The van der Waals surface area contributed by atoms with E-state index in [1.807, 2.05) is 36.7 Å². The summed E-state index contributed by atoms with van der Waals surface area (Å²) in [5.41, 5.74) is 3.16. The van der Waals surface area contributed by atoms with Crippen molar-refractivity contribution in [3.05, 3.63) is 41.5 Å². The van der Waals surface area contributed by atoms with E-state index in [0.717, 1.165) is 37.0 Å². The molecule has 0 saturated heterocycles. The Labute approximate surface area is 120 Å². The van der Waals surface area contributed by atoms with Crippen molar-refractivity contribution in [2.24, 2.45) is 0 Å². The van der Waals surface area contributed by atoms with E-state index in [1.54, 1.807) is 0 Å². The minimum atomic E-state index is 0.747. The molecule has 0 unspecified atom stereocenters. The summed E-state index contributed by atoms with van der Waals surface area (Å²) in [5.74, 6) is 0.747. The molecule has 0 spiro atoms. The molecule has 2 aromatic heterocycles. The molecule has 5 heteroatoms. The highest BCUT2D eigenvalue weighted by Crippen LogP contribution is 2.10. The smallest absolute Gasteiger partial charge is 0.234 e. The van der Waals surface area contributed by atoms with Gasteiger partial charge in [0.2, 0.25) is 5.95 Å². The summed E-state index contributed by atoms with van der Waals surface area (Å²) in [6.45, 7) is 6.80. The molecule has 0 aliphatic carbocycles. The van der Waals surface area contributed by atoms with Gasteiger partial charge in [-0.15, -0.1) is 0 Å². The molecule has 0 aromatic carbocycles. The maximum Gasteiger partial charge on any atom is 0.234 e. The number of nitrogens with zero attached hydrogens (tertiary/aromatic N) is 4. The second-order valence-corrected chi connectivity index (χ2v) is 5.30. The predicted octanol–water partition coefficient (Wildman–Crippen LogP) is 1.54. The van der Waals surface area contributed by atoms with Crippen molar-refractivity contribution in [1.82, 2.24) is 24.8 Å². The molecule has 0 aliphatic rings. The van der Waals surface area contributed by atoms with Gasteiger partial charge in [0.05, 0.1) is 0 Å². The number of likely N-dealkylation sites (N-methyl/N-ethyl adjacent to an activating group) is 1. The lowest BCUT2D eigenvalue weighted by Gasteiger charge is -2.12. The van der Waals surface area contributed by atoms with Crippen molar-refractivity contribution in [1.29, 1.82) is 0 Å². The summed E-state index contributed by atoms with van der Waals surface area (Å²) in [5, 5.41) is 3.44. The first-order valence-electron chi connectivity index (χ1n) is 6.90. The van der Waals surface area contributed by atoms with E-state index in [2.05, 4.69) is 40.3 Å². The van der Waals surface area contributed by atoms with Gasteiger partial charge in [0.25, 0.3) is 0 Å². The summed E-state index contributed by atoms with van der Waals surface area (Å²) >= 11 is 0. The topological polar surface area (TPSA) is 46.0 Å². The van der Waals surface area contributed by atoms with Crippen LogP contribution in [0.2, 0.25) is 0 Å². The van der Waals surface area contributed by atoms with Crippen LogP contribution in [0.15, 0.2) is 24.4 Å². The molecule has 1 N–H and O–H groups in total. The Hall–Kier alpha value is -1.72. The van der Waals surface area contributed by atoms with Crippen molar-refractivity contribution in [3.8, 4) is 5.95 Å². The van der Waals surface area contributed by atoms with Gasteiger partial charge in [-0.25, -0.2) is 9.97 Å². The number of hydrogen-bond acceptors (Lipinski definition) is 4. The average Bonchev–Trinajstić information content (AvgIpc) is 2.81. The van der Waals surface area contributed by atoms with Gasteiger partial charge in [-0.2, -0.15) is 0 Å². The highest BCUT2D eigenvalue weighted by atomic mass is 15.2. The highest BCUT2D eigenvalue weighted by Gasteiger charge is 2.06. The van der Waals surface area contributed by atoms with Crippen LogP contribution in [0, 0.1) is 13.8 Å². The summed E-state index contributed by atoms with van der Waals surface area (Å²) in [6, 6.07) is 6.12. The lowest BCUT2D eigenvalue weighted by atomic mass is 10.3. The molecule has 0 atom stereocenters. The van der Waals surface area contributed by atoms with Gasteiger partial charge < -0.3 is 10.2 Å². The van der Waals surface area contributed by atoms with Crippen LogP contribution in [-0.4, -0.2) is 46.6 Å². The molecule has 2 rings (SSSR count). The van der Waals surface area contributed by atoms with Gasteiger partial charge in [-0.1, -0.05) is 0 Å². The number of aryl methyl sites for hydroxylation is 2. The molecule has 2 heterocycles. The molecule has 0 saturated carbocycles. The maximum absolute atomic E-state index is 4.51. The number of aromatic nitrogens is 3. The summed E-state index contributed by atoms with van der Waals surface area (Å²) in [7, 11) is 4.15. The van der Waals surface area contributed by atoms with Gasteiger partial charge in [-0.05, 0) is 46.1 Å². The van der Waals surface area contributed by atoms with Crippen molar-refractivity contribution in [2.75, 3.05) is 27.2 Å². The van der Waals surface area contributed by atoms with Gasteiger partial charge in [0.15, 0.2) is 0 Å². The normalized spacial score (nSPS) is 11.2. The molecule has 20 heavy (non-hydrogen) atoms. The SMILES string of the molecule is Cc1cc(C)nc(-n2cccc2CNCCN(C)C)n1. The first-order valence-corrected chi connectivity index (χ1v) is 6.90. The van der Waals surface area contributed by atoms with Crippen LogP contribution in [-0.2, 0) is 6.54 Å². The van der Waals surface area contributed by atoms with Crippen LogP contribution in [0.3, 0.4) is 0 Å². The van der Waals surface area contributed by atoms with Crippen molar-refractivity contribution in [2.45, 2.75) is 20.4 Å². The molecule has 2 aromatic rings. The van der Waals surface area contributed by atoms with Crippen LogP contribution in [0.25, 0.3) is 5.95 Å². The van der Waals surface area contributed by atoms with E-state index in [1.165, 1.54) is 5.69 Å². The molecule has 0 aliphatic heterocycles. The van der Waals surface area contributed by atoms with Crippen LogP contribution in [0.5, 0.6) is 0 Å². The first kappa shape index (κ1) is 14.7. The standard InChI is InChI=1S/C15H23N5/c1-12-10-13(2)18-15(17-12)20-8-5-6-14(20)11-16-7-9-19(3)4/h5-6,8,10,16H,7,9,11H2,1-4H3. The molecular formula is C15H23N5. The lowest BCUT2D eigenvalue weighted by Crippen LogP contribution is -2.26. The molecule has 0 bridgehead atoms. The minimum absolute atomic E-state index is 0.747. The van der Waals surface area contributed by atoms with Gasteiger partial charge in [-0.3, -0.25) is 4.57 Å². The Morgan fingerprint density at radius 1 is 1.20 bits per heavy atom. The van der Waals surface area contributed by atoms with Crippen LogP contribution in [0.1, 0.15) is 17.1 Å². The van der Waals surface area contributed by atoms with Crippen LogP contribution >= 0.6 is 0 Å². The Morgan fingerprint density at radius 2 is 1.90 bits per heavy atom. The molecule has 0 radical (unpaired) electrons. The zero-order valence-electron chi connectivity index (χ0n) is 12.7. The van der Waals surface area contributed by atoms with E-state index in [4.69, 9.17) is 0 Å². The first-order chi connectivity index (χ1) is 9.56. The average molecular weight is 273 g/mol. The van der Waals surface area contributed by atoms with Gasteiger partial charge >= 0.3 is 0 Å². The molecule has 108 valence electrons. The summed E-state index contributed by atoms with van der Waals surface area (Å²) < 4.78 is 2.04. The van der Waals surface area contributed by atoms with Crippen molar-refractivity contribution < 1.29 is 0 Å². The van der Waals surface area contributed by atoms with Crippen molar-refractivity contribution >= 4 is 0 Å². The van der Waals surface area contributed by atoms with Crippen LogP contribution < -0.4 is 5.32 Å². The fraction of sp³-hybridized carbons (Fsp3) is 0.467. The molecular weight excluding hydrogens is 250 g/mol. The fourth-order valence-electron chi connectivity index (χ4n) is 2.09. The van der Waals surface area contributed by atoms with E-state index >= 15 is 0 Å². The van der Waals surface area contributed by atoms with E-state index in [9.17, 15) is 0 Å². The second-order valence-electron chi connectivity index (χ2n) is 5.30. The summed E-state index contributed by atoms with van der Waals surface area (Å²) in [4.78, 5) is 11.2. The third kappa shape index (κ3) is 3.88. The Bertz CT molecular complexity index is 539. The van der Waals surface area contributed by atoms with E-state index in [-0.39, 0.29) is 0 Å². The molecule has 0 fully saturated rings. The van der Waals surface area contributed by atoms with Crippen molar-refractivity contribution in [3.63, 3.8) is 0 Å². The fourth-order valence-corrected chi connectivity index (χ4v) is 2.09. The monoisotopic (exact) mass is 273 g/mol. The van der Waals surface area contributed by atoms with E-state index < -0.39 is 0 Å². The Balaban J connectivity index is 2.08. The van der Waals surface area contributed by atoms with Crippen LogP contribution in [0.4, 0.5) is 0 Å². The lowest BCUT2D eigenvalue weighted by molar-refractivity contribution is 0.399. The number of nitrogens with one attached hydrogen (secondary N) is 1. The van der Waals surface area contributed by atoms with Gasteiger partial charge in [0.1, 0.15) is 0 Å². The highest BCUT2D eigenvalue weighted by molar-refractivity contribution is 5.24. The summed E-state index contributed by atoms with van der Waals surface area (Å²) in [6.07, 6.45) is 2.01. The number of hydrogen-bond donors (Lipinski definition) is 1. The minimum Gasteiger partial charge on any atom is -0.310 e. The van der Waals surface area contributed by atoms with E-state index in [0.29, 0.717) is 0 Å². The zero-order chi connectivity index (χ0) is 14.5. The quantitative estimate of drug-likeness (QED) is 0.811. The molecule has 5 nitrogen and oxygen atoms in total. The predicted molar refractivity (Wildman–Crippen MR) is 81.1 cm³/mol. The third-order valence-corrected chi connectivity index (χ3v) is 3.06. The Kier molecular flexibility index (Phi) is 4.87. The third-order valence-electron chi connectivity index (χ3n) is 3.06. The zero-order valence-corrected chi connectivity index (χ0v) is 12.7. The maximum atomic E-state index is 4.51. The largest absolute Gasteiger partial charge is 0.310 e. The second kappa shape index (κ2) is 6.63.